The van der Waals surface area contributed by atoms with E-state index < -0.39 is 0 Å². The topological polar surface area (TPSA) is 50.1 Å². The average molecular weight is 232 g/mol. The Morgan fingerprint density at radius 1 is 1.60 bits per heavy atom. The minimum absolute atomic E-state index is 0.126. The lowest BCUT2D eigenvalue weighted by Crippen LogP contribution is -2.31. The van der Waals surface area contributed by atoms with Crippen molar-refractivity contribution in [2.24, 2.45) is 7.05 Å². The van der Waals surface area contributed by atoms with E-state index in [1.807, 2.05) is 20.9 Å². The van der Waals surface area contributed by atoms with Gasteiger partial charge in [-0.05, 0) is 13.3 Å². The van der Waals surface area contributed by atoms with Crippen LogP contribution in [0, 0.1) is 6.92 Å². The van der Waals surface area contributed by atoms with Crippen LogP contribution in [-0.2, 0) is 13.6 Å². The van der Waals surface area contributed by atoms with Gasteiger partial charge in [-0.25, -0.2) is 0 Å². The third-order valence-electron chi connectivity index (χ3n) is 2.55. The fourth-order valence-electron chi connectivity index (χ4n) is 1.46. The Labute approximate surface area is 95.2 Å². The average Bonchev–Trinajstić information content (AvgIpc) is 2.45. The van der Waals surface area contributed by atoms with E-state index in [4.69, 9.17) is 16.7 Å². The van der Waals surface area contributed by atoms with Gasteiger partial charge in [-0.2, -0.15) is 5.10 Å². The van der Waals surface area contributed by atoms with Crippen molar-refractivity contribution in [1.82, 2.24) is 15.1 Å². The van der Waals surface area contributed by atoms with Crippen molar-refractivity contribution >= 4 is 11.6 Å². The molecule has 1 rings (SSSR count). The summed E-state index contributed by atoms with van der Waals surface area (Å²) in [5.41, 5.74) is 1.94. The van der Waals surface area contributed by atoms with Crippen LogP contribution in [0.1, 0.15) is 24.6 Å². The highest BCUT2D eigenvalue weighted by Gasteiger charge is 2.12. The predicted octanol–water partition coefficient (Wildman–Crippen LogP) is 1.24. The summed E-state index contributed by atoms with van der Waals surface area (Å²) in [4.78, 5) is 0. The number of aliphatic hydroxyl groups excluding tert-OH is 1. The van der Waals surface area contributed by atoms with Crippen LogP contribution in [-0.4, -0.2) is 27.5 Å². The zero-order chi connectivity index (χ0) is 11.4. The lowest BCUT2D eigenvalue weighted by Gasteiger charge is -2.13. The molecule has 0 aliphatic heterocycles. The molecule has 0 saturated carbocycles. The first-order valence-corrected chi connectivity index (χ1v) is 5.50. The minimum Gasteiger partial charge on any atom is -0.395 e. The standard InChI is InChI=1S/C10H18ClN3O/c1-4-8(6-15)12-5-9-7(2)13-14(3)10(9)11/h8,12,15H,4-6H2,1-3H3/t8-/m1/s1. The maximum atomic E-state index is 9.03. The van der Waals surface area contributed by atoms with Crippen molar-refractivity contribution in [3.63, 3.8) is 0 Å². The molecule has 86 valence electrons. The third-order valence-corrected chi connectivity index (χ3v) is 3.02. The number of hydrogen-bond acceptors (Lipinski definition) is 3. The molecule has 0 saturated heterocycles. The first-order valence-electron chi connectivity index (χ1n) is 5.12. The van der Waals surface area contributed by atoms with Crippen LogP contribution in [0.2, 0.25) is 5.15 Å². The zero-order valence-corrected chi connectivity index (χ0v) is 10.2. The maximum absolute atomic E-state index is 9.03. The van der Waals surface area contributed by atoms with Gasteiger partial charge >= 0.3 is 0 Å². The molecule has 1 aromatic rings. The van der Waals surface area contributed by atoms with E-state index in [2.05, 4.69) is 10.4 Å². The summed E-state index contributed by atoms with van der Waals surface area (Å²) in [7, 11) is 1.82. The Balaban J connectivity index is 2.64. The fraction of sp³-hybridized carbons (Fsp3) is 0.700. The van der Waals surface area contributed by atoms with E-state index in [-0.39, 0.29) is 12.6 Å². The van der Waals surface area contributed by atoms with Gasteiger partial charge in [0.2, 0.25) is 0 Å². The zero-order valence-electron chi connectivity index (χ0n) is 9.42. The van der Waals surface area contributed by atoms with Crippen LogP contribution in [0.3, 0.4) is 0 Å². The van der Waals surface area contributed by atoms with Gasteiger partial charge in [-0.15, -0.1) is 0 Å². The van der Waals surface area contributed by atoms with Crippen molar-refractivity contribution in [2.45, 2.75) is 32.9 Å². The molecule has 0 radical (unpaired) electrons. The van der Waals surface area contributed by atoms with E-state index in [9.17, 15) is 0 Å². The van der Waals surface area contributed by atoms with E-state index >= 15 is 0 Å². The van der Waals surface area contributed by atoms with Crippen molar-refractivity contribution in [1.29, 1.82) is 0 Å². The number of nitrogens with one attached hydrogen (secondary N) is 1. The summed E-state index contributed by atoms with van der Waals surface area (Å²) in [5, 5.41) is 17.2. The quantitative estimate of drug-likeness (QED) is 0.802. The first-order chi connectivity index (χ1) is 7.10. The van der Waals surface area contributed by atoms with Gasteiger partial charge in [0.05, 0.1) is 12.3 Å². The van der Waals surface area contributed by atoms with Crippen LogP contribution in [0.15, 0.2) is 0 Å². The highest BCUT2D eigenvalue weighted by Crippen LogP contribution is 2.18. The second-order valence-corrected chi connectivity index (χ2v) is 4.01. The van der Waals surface area contributed by atoms with Crippen LogP contribution >= 0.6 is 11.6 Å². The maximum Gasteiger partial charge on any atom is 0.131 e. The molecule has 1 heterocycles. The summed E-state index contributed by atoms with van der Waals surface area (Å²) >= 11 is 6.08. The number of rotatable bonds is 5. The van der Waals surface area contributed by atoms with Gasteiger partial charge in [0, 0.05) is 25.2 Å². The van der Waals surface area contributed by atoms with E-state index in [1.165, 1.54) is 0 Å². The first kappa shape index (κ1) is 12.5. The molecule has 0 aliphatic rings. The van der Waals surface area contributed by atoms with Gasteiger partial charge in [0.25, 0.3) is 0 Å². The smallest absolute Gasteiger partial charge is 0.131 e. The Morgan fingerprint density at radius 2 is 2.27 bits per heavy atom. The Bertz CT molecular complexity index is 321. The molecular formula is C10H18ClN3O. The van der Waals surface area contributed by atoms with E-state index in [0.717, 1.165) is 17.7 Å². The molecule has 0 aliphatic carbocycles. The Hall–Kier alpha value is -0.580. The molecular weight excluding hydrogens is 214 g/mol. The van der Waals surface area contributed by atoms with Crippen molar-refractivity contribution in [3.05, 3.63) is 16.4 Å². The third kappa shape index (κ3) is 2.93. The van der Waals surface area contributed by atoms with Gasteiger partial charge in [-0.3, -0.25) is 4.68 Å². The van der Waals surface area contributed by atoms with Crippen molar-refractivity contribution in [3.8, 4) is 0 Å². The molecule has 5 heteroatoms. The van der Waals surface area contributed by atoms with Gasteiger partial charge < -0.3 is 10.4 Å². The summed E-state index contributed by atoms with van der Waals surface area (Å²) in [5.74, 6) is 0. The van der Waals surface area contributed by atoms with Crippen molar-refractivity contribution in [2.75, 3.05) is 6.61 Å². The highest BCUT2D eigenvalue weighted by atomic mass is 35.5. The van der Waals surface area contributed by atoms with E-state index in [0.29, 0.717) is 11.7 Å². The molecule has 0 amide bonds. The summed E-state index contributed by atoms with van der Waals surface area (Å²) < 4.78 is 1.66. The van der Waals surface area contributed by atoms with Crippen LogP contribution in [0.4, 0.5) is 0 Å². The lowest BCUT2D eigenvalue weighted by atomic mass is 10.2. The van der Waals surface area contributed by atoms with Gasteiger partial charge in [0.15, 0.2) is 0 Å². The summed E-state index contributed by atoms with van der Waals surface area (Å²) in [6.07, 6.45) is 0.896. The number of aromatic nitrogens is 2. The Morgan fingerprint density at radius 3 is 2.67 bits per heavy atom. The SMILES string of the molecule is CC[C@H](CO)NCc1c(C)nn(C)c1Cl. The second kappa shape index (κ2) is 5.49. The lowest BCUT2D eigenvalue weighted by molar-refractivity contribution is 0.238. The van der Waals surface area contributed by atoms with Crippen LogP contribution in [0.5, 0.6) is 0 Å². The van der Waals surface area contributed by atoms with Crippen LogP contribution < -0.4 is 5.32 Å². The molecule has 4 nitrogen and oxygen atoms in total. The number of nitrogens with zero attached hydrogens (tertiary/aromatic N) is 2. The molecule has 1 atom stereocenters. The molecule has 0 fully saturated rings. The highest BCUT2D eigenvalue weighted by molar-refractivity contribution is 6.30. The molecule has 0 aromatic carbocycles. The van der Waals surface area contributed by atoms with Crippen molar-refractivity contribution < 1.29 is 5.11 Å². The van der Waals surface area contributed by atoms with Gasteiger partial charge in [-0.1, -0.05) is 18.5 Å². The molecule has 0 unspecified atom stereocenters. The fourth-order valence-corrected chi connectivity index (χ4v) is 1.70. The normalized spacial score (nSPS) is 13.1. The number of halogens is 1. The molecule has 15 heavy (non-hydrogen) atoms. The largest absolute Gasteiger partial charge is 0.395 e. The number of aryl methyl sites for hydroxylation is 2. The molecule has 0 bridgehead atoms. The van der Waals surface area contributed by atoms with Gasteiger partial charge in [0.1, 0.15) is 5.15 Å². The summed E-state index contributed by atoms with van der Waals surface area (Å²) in [6, 6.07) is 0.126. The predicted molar refractivity (Wildman–Crippen MR) is 61.0 cm³/mol. The minimum atomic E-state index is 0.126. The van der Waals surface area contributed by atoms with Crippen LogP contribution in [0.25, 0.3) is 0 Å². The summed E-state index contributed by atoms with van der Waals surface area (Å²) in [6.45, 7) is 4.76. The molecule has 1 aromatic heterocycles. The monoisotopic (exact) mass is 231 g/mol. The number of hydrogen-bond donors (Lipinski definition) is 2. The second-order valence-electron chi connectivity index (χ2n) is 3.65. The molecule has 2 N–H and O–H groups in total. The number of aliphatic hydroxyl groups is 1. The Kier molecular flexibility index (Phi) is 4.57. The molecule has 0 spiro atoms. The van der Waals surface area contributed by atoms with E-state index in [1.54, 1.807) is 4.68 Å².